The lowest BCUT2D eigenvalue weighted by atomic mass is 9.51. The molecule has 0 saturated heterocycles. The van der Waals surface area contributed by atoms with Gasteiger partial charge in [-0.1, -0.05) is 68.6 Å². The van der Waals surface area contributed by atoms with Gasteiger partial charge in [0.25, 0.3) is 0 Å². The maximum Gasteiger partial charge on any atom is 0.156 e. The molecule has 4 aliphatic rings. The maximum atomic E-state index is 11.8. The molecule has 0 radical (unpaired) electrons. The Morgan fingerprint density at radius 2 is 1.80 bits per heavy atom. The minimum atomic E-state index is -1.40. The van der Waals surface area contributed by atoms with Crippen molar-refractivity contribution in [2.45, 2.75) is 96.2 Å². The van der Waals surface area contributed by atoms with Crippen molar-refractivity contribution in [3.63, 3.8) is 0 Å². The number of hydrogen-bond donors (Lipinski definition) is 3. The van der Waals surface area contributed by atoms with Crippen LogP contribution in [-0.4, -0.2) is 32.8 Å². The van der Waals surface area contributed by atoms with Crippen molar-refractivity contribution in [1.29, 1.82) is 0 Å². The Labute approximate surface area is 209 Å². The van der Waals surface area contributed by atoms with E-state index in [1.54, 1.807) is 6.92 Å². The Morgan fingerprint density at radius 3 is 2.43 bits per heavy atom. The fourth-order valence-corrected chi connectivity index (χ4v) is 7.70. The van der Waals surface area contributed by atoms with Crippen LogP contribution in [0, 0.1) is 29.1 Å². The average Bonchev–Trinajstić information content (AvgIpc) is 3.03. The molecule has 1 aromatic carbocycles. The molecule has 0 heterocycles. The highest BCUT2D eigenvalue weighted by Gasteiger charge is 2.66. The second-order valence-electron chi connectivity index (χ2n) is 12.4. The van der Waals surface area contributed by atoms with Gasteiger partial charge in [-0.15, -0.1) is 5.92 Å². The molecule has 0 unspecified atom stereocenters. The van der Waals surface area contributed by atoms with Crippen LogP contribution in [0.1, 0.15) is 90.2 Å². The third-order valence-corrected chi connectivity index (χ3v) is 9.59. The quantitative estimate of drug-likeness (QED) is 0.271. The lowest BCUT2D eigenvalue weighted by Gasteiger charge is -2.53. The highest BCUT2D eigenvalue weighted by molar-refractivity contribution is 5.97. The van der Waals surface area contributed by atoms with E-state index in [1.807, 2.05) is 0 Å². The van der Waals surface area contributed by atoms with Crippen LogP contribution in [0.4, 0.5) is 0 Å². The number of fused-ring (bicyclic) bond motifs is 4. The number of benzene rings is 1. The van der Waals surface area contributed by atoms with Gasteiger partial charge in [0, 0.05) is 11.3 Å². The van der Waals surface area contributed by atoms with Crippen molar-refractivity contribution in [2.24, 2.45) is 22.4 Å². The van der Waals surface area contributed by atoms with Crippen LogP contribution in [0.25, 0.3) is 0 Å². The average molecular weight is 474 g/mol. The van der Waals surface area contributed by atoms with Crippen molar-refractivity contribution < 1.29 is 15.4 Å². The maximum absolute atomic E-state index is 11.8. The molecule has 3 N–H and O–H groups in total. The molecule has 0 aromatic heterocycles. The smallest absolute Gasteiger partial charge is 0.156 e. The van der Waals surface area contributed by atoms with E-state index in [9.17, 15) is 15.4 Å². The van der Waals surface area contributed by atoms with E-state index in [0.717, 1.165) is 37.8 Å². The molecule has 1 aromatic rings. The van der Waals surface area contributed by atoms with Gasteiger partial charge in [-0.3, -0.25) is 0 Å². The Hall–Kier alpha value is -2.35. The van der Waals surface area contributed by atoms with E-state index >= 15 is 0 Å². The summed E-state index contributed by atoms with van der Waals surface area (Å²) in [6.45, 7) is 10.6. The van der Waals surface area contributed by atoms with Gasteiger partial charge in [0.15, 0.2) is 5.60 Å². The van der Waals surface area contributed by atoms with Gasteiger partial charge in [-0.2, -0.15) is 0 Å². The Bertz CT molecular complexity index is 1170. The van der Waals surface area contributed by atoms with Crippen LogP contribution in [0.15, 0.2) is 52.2 Å². The van der Waals surface area contributed by atoms with E-state index in [2.05, 4.69) is 75.0 Å². The Kier molecular flexibility index (Phi) is 5.81. The number of aliphatic hydroxyl groups excluding tert-OH is 1. The summed E-state index contributed by atoms with van der Waals surface area (Å²) in [6.07, 6.45) is 6.16. The van der Waals surface area contributed by atoms with Crippen molar-refractivity contribution in [2.75, 3.05) is 0 Å². The molecule has 186 valence electrons. The predicted octanol–water partition coefficient (Wildman–Crippen LogP) is 5.87. The molecule has 4 nitrogen and oxygen atoms in total. The van der Waals surface area contributed by atoms with Gasteiger partial charge in [-0.05, 0) is 91.0 Å². The molecule has 4 heteroatoms. The van der Waals surface area contributed by atoms with Crippen LogP contribution in [-0.2, 0) is 5.41 Å². The summed E-state index contributed by atoms with van der Waals surface area (Å²) in [7, 11) is 0. The van der Waals surface area contributed by atoms with Gasteiger partial charge < -0.3 is 15.4 Å². The number of aliphatic hydroxyl groups is 2. The Balaban J connectivity index is 1.68. The van der Waals surface area contributed by atoms with Crippen LogP contribution >= 0.6 is 0 Å². The third-order valence-electron chi connectivity index (χ3n) is 9.59. The summed E-state index contributed by atoms with van der Waals surface area (Å²) in [5.74, 6) is 6.65. The summed E-state index contributed by atoms with van der Waals surface area (Å²) in [4.78, 5) is 0. The number of nitrogens with zero attached hydrogens (tertiary/aromatic N) is 1. The van der Waals surface area contributed by atoms with Crippen LogP contribution < -0.4 is 0 Å². The first kappa shape index (κ1) is 24.3. The topological polar surface area (TPSA) is 73.0 Å². The zero-order chi connectivity index (χ0) is 25.2. The molecule has 2 saturated carbocycles. The summed E-state index contributed by atoms with van der Waals surface area (Å²) >= 11 is 0. The highest BCUT2D eigenvalue weighted by atomic mass is 16.4. The minimum absolute atomic E-state index is 0.0866. The number of allylic oxidation sites excluding steroid dienone is 4. The molecule has 2 fully saturated rings. The molecular formula is C31H39NO3. The molecule has 0 bridgehead atoms. The van der Waals surface area contributed by atoms with Gasteiger partial charge in [0.05, 0.1) is 11.8 Å². The predicted molar refractivity (Wildman–Crippen MR) is 139 cm³/mol. The second-order valence-corrected chi connectivity index (χ2v) is 12.4. The van der Waals surface area contributed by atoms with Gasteiger partial charge in [-0.25, -0.2) is 0 Å². The van der Waals surface area contributed by atoms with Crippen molar-refractivity contribution >= 4 is 5.71 Å². The van der Waals surface area contributed by atoms with Gasteiger partial charge >= 0.3 is 0 Å². The lowest BCUT2D eigenvalue weighted by Crippen LogP contribution is -2.54. The fraction of sp³-hybridized carbons (Fsp3) is 0.581. The minimum Gasteiger partial charge on any atom is -0.411 e. The summed E-state index contributed by atoms with van der Waals surface area (Å²) in [5.41, 5.74) is 5.77. The Morgan fingerprint density at radius 1 is 1.09 bits per heavy atom. The highest BCUT2D eigenvalue weighted by Crippen LogP contribution is 2.66. The standard InChI is InChI=1S/C31H39NO3/c1-6-15-31(34)27(33)17-26-24-13-9-20-16-22(32-35)12-14-23(20)28(24)25(18-30(26,31)5)19-7-10-21(11-8-19)29(2,3)4/h7-8,10-11,16,24-27,33-35H,9,12-14,17-18H2,1-5H3/b32-22-/t24-,25+,26-,27+,30-,31+/m0/s1. The van der Waals surface area contributed by atoms with Crippen LogP contribution in [0.3, 0.4) is 0 Å². The summed E-state index contributed by atoms with van der Waals surface area (Å²) in [5, 5.41) is 35.8. The summed E-state index contributed by atoms with van der Waals surface area (Å²) < 4.78 is 0. The molecular weight excluding hydrogens is 434 g/mol. The molecule has 4 aliphatic carbocycles. The summed E-state index contributed by atoms with van der Waals surface area (Å²) in [6, 6.07) is 9.05. The van der Waals surface area contributed by atoms with E-state index in [1.165, 1.54) is 27.8 Å². The van der Waals surface area contributed by atoms with Crippen LogP contribution in [0.5, 0.6) is 0 Å². The van der Waals surface area contributed by atoms with E-state index in [4.69, 9.17) is 0 Å². The largest absolute Gasteiger partial charge is 0.411 e. The van der Waals surface area contributed by atoms with Crippen LogP contribution in [0.2, 0.25) is 0 Å². The zero-order valence-electron chi connectivity index (χ0n) is 21.7. The SMILES string of the molecule is CC#C[C@@]1(O)[C@H](O)C[C@H]2[C@@H]3CCC4=C/C(=N\O)CCC4=C3[C@@H](c3ccc(C(C)(C)C)cc3)C[C@@]21C. The van der Waals surface area contributed by atoms with Crippen molar-refractivity contribution in [3.8, 4) is 11.8 Å². The molecule has 6 atom stereocenters. The zero-order valence-corrected chi connectivity index (χ0v) is 21.7. The molecule has 5 rings (SSSR count). The molecule has 0 amide bonds. The van der Waals surface area contributed by atoms with E-state index < -0.39 is 17.1 Å². The molecule has 0 spiro atoms. The number of oxime groups is 1. The monoisotopic (exact) mass is 473 g/mol. The first-order valence-corrected chi connectivity index (χ1v) is 13.1. The van der Waals surface area contributed by atoms with E-state index in [0.29, 0.717) is 12.3 Å². The molecule has 0 aliphatic heterocycles. The van der Waals surface area contributed by atoms with Gasteiger partial charge in [0.2, 0.25) is 0 Å². The van der Waals surface area contributed by atoms with Gasteiger partial charge in [0.1, 0.15) is 0 Å². The first-order valence-electron chi connectivity index (χ1n) is 13.1. The number of hydrogen-bond acceptors (Lipinski definition) is 4. The second kappa shape index (κ2) is 8.36. The lowest BCUT2D eigenvalue weighted by molar-refractivity contribution is -0.0942. The third kappa shape index (κ3) is 3.62. The first-order chi connectivity index (χ1) is 16.5. The normalized spacial score (nSPS) is 37.7. The fourth-order valence-electron chi connectivity index (χ4n) is 7.70. The number of rotatable bonds is 1. The van der Waals surface area contributed by atoms with Crippen molar-refractivity contribution in [1.82, 2.24) is 0 Å². The van der Waals surface area contributed by atoms with E-state index in [-0.39, 0.29) is 17.3 Å². The van der Waals surface area contributed by atoms with Crippen molar-refractivity contribution in [3.05, 3.63) is 58.2 Å². The molecule has 35 heavy (non-hydrogen) atoms.